The first-order valence-corrected chi connectivity index (χ1v) is 12.8. The molecule has 0 aliphatic heterocycles. The molecule has 0 saturated carbocycles. The number of carbonyl (C=O) groups excluding carboxylic acids is 1. The summed E-state index contributed by atoms with van der Waals surface area (Å²) in [6.07, 6.45) is -3.65. The largest absolute Gasteiger partial charge is 0.416 e. The highest BCUT2D eigenvalue weighted by atomic mass is 32.2. The predicted molar refractivity (Wildman–Crippen MR) is 137 cm³/mol. The number of amides is 1. The minimum absolute atomic E-state index is 0.145. The van der Waals surface area contributed by atoms with Gasteiger partial charge in [0.15, 0.2) is 0 Å². The molecular formula is C28H23F3N2O3S. The molecule has 0 radical (unpaired) electrons. The number of hydrogen-bond acceptors (Lipinski definition) is 4. The molecule has 0 aliphatic carbocycles. The Balaban J connectivity index is 1.40. The van der Waals surface area contributed by atoms with E-state index in [1.165, 1.54) is 48.0 Å². The Morgan fingerprint density at radius 1 is 0.757 bits per heavy atom. The molecule has 0 unspecified atom stereocenters. The van der Waals surface area contributed by atoms with Crippen LogP contribution in [0.3, 0.4) is 0 Å². The van der Waals surface area contributed by atoms with Crippen LogP contribution in [0.4, 0.5) is 18.9 Å². The van der Waals surface area contributed by atoms with Crippen LogP contribution < -0.4 is 10.0 Å². The van der Waals surface area contributed by atoms with Crippen molar-refractivity contribution in [2.45, 2.75) is 17.5 Å². The second-order valence-corrected chi connectivity index (χ2v) is 9.96. The second kappa shape index (κ2) is 10.9. The third-order valence-electron chi connectivity index (χ3n) is 5.65. The second-order valence-electron chi connectivity index (χ2n) is 8.28. The maximum absolute atomic E-state index is 12.8. The van der Waals surface area contributed by atoms with Crippen molar-refractivity contribution in [1.82, 2.24) is 4.72 Å². The number of carbonyl (C=O) groups is 1. The summed E-state index contributed by atoms with van der Waals surface area (Å²) >= 11 is 0. The fourth-order valence-corrected chi connectivity index (χ4v) is 4.66. The van der Waals surface area contributed by atoms with Gasteiger partial charge in [0, 0.05) is 17.8 Å². The average Bonchev–Trinajstić information content (AvgIpc) is 2.89. The lowest BCUT2D eigenvalue weighted by molar-refractivity contribution is -0.137. The molecule has 0 aliphatic rings. The number of hydrogen-bond donors (Lipinski definition) is 2. The average molecular weight is 525 g/mol. The SMILES string of the molecule is O=C(NS(=O)(=O)c1ccc(-c2ccc(C(F)(F)F)cc2)cc1)c1cccc(NCCc2ccccc2)c1. The van der Waals surface area contributed by atoms with Crippen LogP contribution >= 0.6 is 0 Å². The van der Waals surface area contributed by atoms with Crippen molar-refractivity contribution in [1.29, 1.82) is 0 Å². The normalized spacial score (nSPS) is 11.6. The highest BCUT2D eigenvalue weighted by molar-refractivity contribution is 7.90. The Bertz CT molecular complexity index is 1470. The minimum atomic E-state index is -4.44. The van der Waals surface area contributed by atoms with Gasteiger partial charge in [0.05, 0.1) is 10.5 Å². The highest BCUT2D eigenvalue weighted by Crippen LogP contribution is 2.31. The van der Waals surface area contributed by atoms with Gasteiger partial charge in [-0.1, -0.05) is 60.7 Å². The summed E-state index contributed by atoms with van der Waals surface area (Å²) < 4.78 is 65.9. The Hall–Kier alpha value is -4.11. The van der Waals surface area contributed by atoms with E-state index in [9.17, 15) is 26.4 Å². The van der Waals surface area contributed by atoms with Crippen LogP contribution in [0, 0.1) is 0 Å². The maximum Gasteiger partial charge on any atom is 0.416 e. The van der Waals surface area contributed by atoms with Crippen LogP contribution in [0.5, 0.6) is 0 Å². The first-order valence-electron chi connectivity index (χ1n) is 11.3. The van der Waals surface area contributed by atoms with Gasteiger partial charge in [-0.3, -0.25) is 4.79 Å². The van der Waals surface area contributed by atoms with Crippen molar-refractivity contribution in [3.05, 3.63) is 120 Å². The van der Waals surface area contributed by atoms with Gasteiger partial charge < -0.3 is 5.32 Å². The number of halogens is 3. The predicted octanol–water partition coefficient (Wildman–Crippen LogP) is 6.15. The monoisotopic (exact) mass is 524 g/mol. The number of alkyl halides is 3. The molecule has 0 saturated heterocycles. The highest BCUT2D eigenvalue weighted by Gasteiger charge is 2.30. The molecule has 0 heterocycles. The quantitative estimate of drug-likeness (QED) is 0.290. The minimum Gasteiger partial charge on any atom is -0.385 e. The van der Waals surface area contributed by atoms with Crippen LogP contribution in [-0.4, -0.2) is 20.9 Å². The molecule has 4 rings (SSSR count). The molecule has 0 aromatic heterocycles. The molecule has 1 amide bonds. The van der Waals surface area contributed by atoms with E-state index in [4.69, 9.17) is 0 Å². The molecule has 190 valence electrons. The van der Waals surface area contributed by atoms with Gasteiger partial charge in [0.25, 0.3) is 15.9 Å². The van der Waals surface area contributed by atoms with Gasteiger partial charge in [-0.05, 0) is 65.6 Å². The van der Waals surface area contributed by atoms with E-state index in [-0.39, 0.29) is 10.5 Å². The summed E-state index contributed by atoms with van der Waals surface area (Å²) in [5.41, 5.74) is 2.29. The molecule has 5 nitrogen and oxygen atoms in total. The van der Waals surface area contributed by atoms with Gasteiger partial charge in [-0.25, -0.2) is 13.1 Å². The molecule has 0 spiro atoms. The van der Waals surface area contributed by atoms with E-state index < -0.39 is 27.7 Å². The van der Waals surface area contributed by atoms with Crippen LogP contribution in [-0.2, 0) is 22.6 Å². The van der Waals surface area contributed by atoms with E-state index in [1.54, 1.807) is 18.2 Å². The molecule has 9 heteroatoms. The third-order valence-corrected chi connectivity index (χ3v) is 6.99. The van der Waals surface area contributed by atoms with Crippen LogP contribution in [0.25, 0.3) is 11.1 Å². The van der Waals surface area contributed by atoms with Crippen molar-refractivity contribution in [2.75, 3.05) is 11.9 Å². The number of rotatable bonds is 8. The lowest BCUT2D eigenvalue weighted by Gasteiger charge is -2.11. The Labute approximate surface area is 213 Å². The summed E-state index contributed by atoms with van der Waals surface area (Å²) in [4.78, 5) is 12.5. The third kappa shape index (κ3) is 6.77. The first-order chi connectivity index (χ1) is 17.6. The lowest BCUT2D eigenvalue weighted by Crippen LogP contribution is -2.30. The standard InChI is InChI=1S/C28H23F3N2O3S/c29-28(30,31)24-13-9-21(10-14-24)22-11-15-26(16-12-22)37(35,36)33-27(34)23-7-4-8-25(19-23)32-18-17-20-5-2-1-3-6-20/h1-16,19,32H,17-18H2,(H,33,34). The van der Waals surface area contributed by atoms with Crippen LogP contribution in [0.1, 0.15) is 21.5 Å². The smallest absolute Gasteiger partial charge is 0.385 e. The molecule has 0 bridgehead atoms. The summed E-state index contributed by atoms with van der Waals surface area (Å²) in [6, 6.07) is 26.5. The zero-order valence-corrected chi connectivity index (χ0v) is 20.3. The Morgan fingerprint density at radius 2 is 1.38 bits per heavy atom. The Kier molecular flexibility index (Phi) is 7.63. The number of nitrogens with one attached hydrogen (secondary N) is 2. The van der Waals surface area contributed by atoms with E-state index in [0.29, 0.717) is 23.4 Å². The van der Waals surface area contributed by atoms with Gasteiger partial charge in [-0.2, -0.15) is 13.2 Å². The van der Waals surface area contributed by atoms with Crippen molar-refractivity contribution in [3.63, 3.8) is 0 Å². The molecule has 0 fully saturated rings. The zero-order valence-electron chi connectivity index (χ0n) is 19.5. The van der Waals surface area contributed by atoms with Gasteiger partial charge in [-0.15, -0.1) is 0 Å². The van der Waals surface area contributed by atoms with Crippen molar-refractivity contribution in [3.8, 4) is 11.1 Å². The topological polar surface area (TPSA) is 75.3 Å². The van der Waals surface area contributed by atoms with E-state index in [2.05, 4.69) is 10.0 Å². The van der Waals surface area contributed by atoms with Gasteiger partial charge in [0.1, 0.15) is 0 Å². The lowest BCUT2D eigenvalue weighted by atomic mass is 10.0. The van der Waals surface area contributed by atoms with Crippen LogP contribution in [0.2, 0.25) is 0 Å². The van der Waals surface area contributed by atoms with Crippen molar-refractivity contribution >= 4 is 21.6 Å². The van der Waals surface area contributed by atoms with E-state index >= 15 is 0 Å². The van der Waals surface area contributed by atoms with E-state index in [0.717, 1.165) is 18.6 Å². The van der Waals surface area contributed by atoms with Crippen molar-refractivity contribution < 1.29 is 26.4 Å². The van der Waals surface area contributed by atoms with Crippen LogP contribution in [0.15, 0.2) is 108 Å². The van der Waals surface area contributed by atoms with Gasteiger partial charge >= 0.3 is 6.18 Å². The van der Waals surface area contributed by atoms with E-state index in [1.807, 2.05) is 30.3 Å². The molecule has 37 heavy (non-hydrogen) atoms. The maximum atomic E-state index is 12.8. The summed E-state index contributed by atoms with van der Waals surface area (Å²) in [7, 11) is -4.17. The fourth-order valence-electron chi connectivity index (χ4n) is 3.68. The molecule has 4 aromatic rings. The fraction of sp³-hybridized carbons (Fsp3) is 0.107. The number of anilines is 1. The molecule has 2 N–H and O–H groups in total. The molecular weight excluding hydrogens is 501 g/mol. The van der Waals surface area contributed by atoms with Crippen molar-refractivity contribution in [2.24, 2.45) is 0 Å². The molecule has 4 aromatic carbocycles. The number of benzene rings is 4. The number of sulfonamides is 1. The summed E-state index contributed by atoms with van der Waals surface area (Å²) in [5.74, 6) is -0.779. The Morgan fingerprint density at radius 3 is 2.00 bits per heavy atom. The zero-order chi connectivity index (χ0) is 26.5. The summed E-state index contributed by atoms with van der Waals surface area (Å²) in [5, 5.41) is 3.22. The first kappa shape index (κ1) is 26.0. The van der Waals surface area contributed by atoms with Gasteiger partial charge in [0.2, 0.25) is 0 Å². The molecule has 0 atom stereocenters. The summed E-state index contributed by atoms with van der Waals surface area (Å²) in [6.45, 7) is 0.638.